The van der Waals surface area contributed by atoms with Crippen molar-refractivity contribution in [2.24, 2.45) is 0 Å². The van der Waals surface area contributed by atoms with E-state index in [2.05, 4.69) is 5.32 Å². The van der Waals surface area contributed by atoms with Gasteiger partial charge in [0.15, 0.2) is 0 Å². The SMILES string of the molecule is CO[C@H]1CN[C@H](C(=O)N(C)C)C1.Cl. The third-order valence-corrected chi connectivity index (χ3v) is 2.16. The van der Waals surface area contributed by atoms with Gasteiger partial charge in [0, 0.05) is 27.7 Å². The number of nitrogens with zero attached hydrogens (tertiary/aromatic N) is 1. The van der Waals surface area contributed by atoms with Crippen LogP contribution in [0.4, 0.5) is 0 Å². The average molecular weight is 209 g/mol. The van der Waals surface area contributed by atoms with Crippen molar-refractivity contribution in [1.82, 2.24) is 10.2 Å². The number of nitrogens with one attached hydrogen (secondary N) is 1. The Morgan fingerprint density at radius 1 is 1.54 bits per heavy atom. The summed E-state index contributed by atoms with van der Waals surface area (Å²) in [5, 5.41) is 3.12. The molecule has 0 aliphatic carbocycles. The summed E-state index contributed by atoms with van der Waals surface area (Å²) >= 11 is 0. The molecule has 5 heteroatoms. The van der Waals surface area contributed by atoms with Crippen LogP contribution in [-0.4, -0.2) is 50.7 Å². The molecule has 0 unspecified atom stereocenters. The van der Waals surface area contributed by atoms with Gasteiger partial charge in [0.2, 0.25) is 5.91 Å². The number of likely N-dealkylation sites (N-methyl/N-ethyl adjacent to an activating group) is 1. The van der Waals surface area contributed by atoms with Crippen LogP contribution >= 0.6 is 12.4 Å². The molecule has 1 saturated heterocycles. The lowest BCUT2D eigenvalue weighted by Crippen LogP contribution is -2.39. The van der Waals surface area contributed by atoms with Crippen molar-refractivity contribution in [3.05, 3.63) is 0 Å². The van der Waals surface area contributed by atoms with E-state index < -0.39 is 0 Å². The number of amides is 1. The highest BCUT2D eigenvalue weighted by atomic mass is 35.5. The lowest BCUT2D eigenvalue weighted by Gasteiger charge is -2.15. The molecule has 1 N–H and O–H groups in total. The number of hydrogen-bond acceptors (Lipinski definition) is 3. The molecule has 0 aromatic carbocycles. The predicted octanol–water partition coefficient (Wildman–Crippen LogP) is -0.127. The fourth-order valence-electron chi connectivity index (χ4n) is 1.38. The zero-order valence-electron chi connectivity index (χ0n) is 8.24. The molecule has 2 atom stereocenters. The van der Waals surface area contributed by atoms with E-state index in [-0.39, 0.29) is 30.5 Å². The van der Waals surface area contributed by atoms with Gasteiger partial charge in [-0.2, -0.15) is 0 Å². The quantitative estimate of drug-likeness (QED) is 0.688. The van der Waals surface area contributed by atoms with Crippen LogP contribution in [0.25, 0.3) is 0 Å². The Kier molecular flexibility index (Phi) is 5.29. The average Bonchev–Trinajstić information content (AvgIpc) is 2.50. The molecule has 0 aromatic rings. The van der Waals surface area contributed by atoms with Crippen LogP contribution in [0.5, 0.6) is 0 Å². The van der Waals surface area contributed by atoms with E-state index in [4.69, 9.17) is 4.74 Å². The Morgan fingerprint density at radius 2 is 2.15 bits per heavy atom. The molecule has 0 spiro atoms. The first kappa shape index (κ1) is 12.7. The van der Waals surface area contributed by atoms with Gasteiger partial charge in [0.25, 0.3) is 0 Å². The summed E-state index contributed by atoms with van der Waals surface area (Å²) in [6.45, 7) is 0.779. The summed E-state index contributed by atoms with van der Waals surface area (Å²) in [6, 6.07) is -0.0510. The number of methoxy groups -OCH3 is 1. The number of halogens is 1. The number of hydrogen-bond donors (Lipinski definition) is 1. The summed E-state index contributed by atoms with van der Waals surface area (Å²) in [4.78, 5) is 13.0. The van der Waals surface area contributed by atoms with Crippen molar-refractivity contribution in [3.63, 3.8) is 0 Å². The fourth-order valence-corrected chi connectivity index (χ4v) is 1.38. The smallest absolute Gasteiger partial charge is 0.239 e. The van der Waals surface area contributed by atoms with Crippen molar-refractivity contribution in [2.75, 3.05) is 27.7 Å². The monoisotopic (exact) mass is 208 g/mol. The van der Waals surface area contributed by atoms with Crippen LogP contribution in [-0.2, 0) is 9.53 Å². The van der Waals surface area contributed by atoms with Gasteiger partial charge in [-0.1, -0.05) is 0 Å². The molecule has 1 fully saturated rings. The molecule has 0 saturated carbocycles. The van der Waals surface area contributed by atoms with E-state index in [0.717, 1.165) is 13.0 Å². The maximum Gasteiger partial charge on any atom is 0.239 e. The topological polar surface area (TPSA) is 41.6 Å². The van der Waals surface area contributed by atoms with Crippen LogP contribution in [0.2, 0.25) is 0 Å². The van der Waals surface area contributed by atoms with Crippen molar-refractivity contribution < 1.29 is 9.53 Å². The fraction of sp³-hybridized carbons (Fsp3) is 0.875. The molecule has 1 rings (SSSR count). The second-order valence-electron chi connectivity index (χ2n) is 3.29. The first-order chi connectivity index (χ1) is 5.65. The van der Waals surface area contributed by atoms with Gasteiger partial charge in [-0.25, -0.2) is 0 Å². The zero-order chi connectivity index (χ0) is 9.14. The maximum absolute atomic E-state index is 11.4. The minimum Gasteiger partial charge on any atom is -0.380 e. The summed E-state index contributed by atoms with van der Waals surface area (Å²) in [6.07, 6.45) is 0.979. The van der Waals surface area contributed by atoms with Gasteiger partial charge in [0.1, 0.15) is 0 Å². The molecule has 78 valence electrons. The highest BCUT2D eigenvalue weighted by molar-refractivity contribution is 5.85. The first-order valence-corrected chi connectivity index (χ1v) is 4.12. The highest BCUT2D eigenvalue weighted by Crippen LogP contribution is 2.10. The van der Waals surface area contributed by atoms with Crippen molar-refractivity contribution in [3.8, 4) is 0 Å². The van der Waals surface area contributed by atoms with Crippen LogP contribution in [0.1, 0.15) is 6.42 Å². The second kappa shape index (κ2) is 5.42. The zero-order valence-corrected chi connectivity index (χ0v) is 9.06. The molecule has 1 aliphatic rings. The molecule has 13 heavy (non-hydrogen) atoms. The van der Waals surface area contributed by atoms with Gasteiger partial charge in [-0.05, 0) is 6.42 Å². The van der Waals surface area contributed by atoms with E-state index in [9.17, 15) is 4.79 Å². The molecule has 1 aliphatic heterocycles. The Morgan fingerprint density at radius 3 is 2.54 bits per heavy atom. The standard InChI is InChI=1S/C8H16N2O2.ClH/c1-10(2)8(11)7-4-6(12-3)5-9-7;/h6-7,9H,4-5H2,1-3H3;1H/t6-,7+;/m1./s1. The van der Waals surface area contributed by atoms with Crippen molar-refractivity contribution >= 4 is 18.3 Å². The van der Waals surface area contributed by atoms with E-state index in [1.165, 1.54) is 0 Å². The molecule has 0 radical (unpaired) electrons. The summed E-state index contributed by atoms with van der Waals surface area (Å²) in [5.74, 6) is 0.134. The predicted molar refractivity (Wildman–Crippen MR) is 53.1 cm³/mol. The van der Waals surface area contributed by atoms with Crippen molar-refractivity contribution in [2.45, 2.75) is 18.6 Å². The molecular weight excluding hydrogens is 192 g/mol. The van der Waals surface area contributed by atoms with E-state index in [1.54, 1.807) is 26.1 Å². The minimum atomic E-state index is -0.0510. The number of rotatable bonds is 2. The summed E-state index contributed by atoms with van der Waals surface area (Å²) in [7, 11) is 5.21. The van der Waals surface area contributed by atoms with E-state index >= 15 is 0 Å². The van der Waals surface area contributed by atoms with Gasteiger partial charge in [0.05, 0.1) is 12.1 Å². The normalized spacial score (nSPS) is 26.7. The lowest BCUT2D eigenvalue weighted by molar-refractivity contribution is -0.130. The number of ether oxygens (including phenoxy) is 1. The van der Waals surface area contributed by atoms with Crippen LogP contribution in [0.3, 0.4) is 0 Å². The second-order valence-corrected chi connectivity index (χ2v) is 3.29. The van der Waals surface area contributed by atoms with Gasteiger partial charge < -0.3 is 15.0 Å². The summed E-state index contributed by atoms with van der Waals surface area (Å²) in [5.41, 5.74) is 0. The Bertz CT molecular complexity index is 176. The highest BCUT2D eigenvalue weighted by Gasteiger charge is 2.29. The number of carbonyl (C=O) groups excluding carboxylic acids is 1. The van der Waals surface area contributed by atoms with Gasteiger partial charge >= 0.3 is 0 Å². The van der Waals surface area contributed by atoms with Crippen LogP contribution in [0, 0.1) is 0 Å². The molecule has 4 nitrogen and oxygen atoms in total. The summed E-state index contributed by atoms with van der Waals surface area (Å²) < 4.78 is 5.14. The molecule has 0 aromatic heterocycles. The maximum atomic E-state index is 11.4. The molecule has 0 bridgehead atoms. The van der Waals surface area contributed by atoms with E-state index in [1.807, 2.05) is 0 Å². The third-order valence-electron chi connectivity index (χ3n) is 2.16. The van der Waals surface area contributed by atoms with Crippen LogP contribution in [0.15, 0.2) is 0 Å². The molecular formula is C8H17ClN2O2. The Balaban J connectivity index is 0.00000144. The Labute approximate surface area is 85.0 Å². The Hall–Kier alpha value is -0.320. The largest absolute Gasteiger partial charge is 0.380 e. The number of carbonyl (C=O) groups is 1. The van der Waals surface area contributed by atoms with Gasteiger partial charge in [-0.15, -0.1) is 12.4 Å². The molecule has 1 amide bonds. The minimum absolute atomic E-state index is 0. The molecule has 1 heterocycles. The van der Waals surface area contributed by atoms with Crippen LogP contribution < -0.4 is 5.32 Å². The third kappa shape index (κ3) is 3.14. The lowest BCUT2D eigenvalue weighted by atomic mass is 10.2. The van der Waals surface area contributed by atoms with Crippen molar-refractivity contribution in [1.29, 1.82) is 0 Å². The van der Waals surface area contributed by atoms with Gasteiger partial charge in [-0.3, -0.25) is 4.79 Å². The first-order valence-electron chi connectivity index (χ1n) is 4.12. The van der Waals surface area contributed by atoms with E-state index in [0.29, 0.717) is 0 Å².